The molecule has 2 aliphatic rings. The fourth-order valence-corrected chi connectivity index (χ4v) is 3.42. The summed E-state index contributed by atoms with van der Waals surface area (Å²) in [4.78, 5) is 18.9. The molecule has 2 fully saturated rings. The summed E-state index contributed by atoms with van der Waals surface area (Å²) < 4.78 is 5.34. The van der Waals surface area contributed by atoms with Crippen molar-refractivity contribution in [2.75, 3.05) is 7.11 Å². The number of rotatable bonds is 5. The monoisotopic (exact) mass is 303 g/mol. The molecule has 120 valence electrons. The number of nitrogens with zero attached hydrogens (tertiary/aromatic N) is 2. The van der Waals surface area contributed by atoms with Gasteiger partial charge >= 0.3 is 6.03 Å². The fraction of sp³-hybridized carbons (Fsp3) is 0.647. The Morgan fingerprint density at radius 1 is 1.32 bits per heavy atom. The molecule has 3 rings (SSSR count). The van der Waals surface area contributed by atoms with Crippen molar-refractivity contribution in [3.63, 3.8) is 0 Å². The minimum Gasteiger partial charge on any atom is -0.495 e. The van der Waals surface area contributed by atoms with Crippen molar-refractivity contribution in [3.05, 3.63) is 24.0 Å². The SMILES string of the molecule is COc1cnccc1C(C)NC(=O)N(C1CCCC1)C1CC1. The maximum Gasteiger partial charge on any atom is 0.318 e. The van der Waals surface area contributed by atoms with Gasteiger partial charge in [0.05, 0.1) is 19.3 Å². The van der Waals surface area contributed by atoms with E-state index < -0.39 is 0 Å². The molecule has 0 saturated heterocycles. The smallest absolute Gasteiger partial charge is 0.318 e. The summed E-state index contributed by atoms with van der Waals surface area (Å²) in [6, 6.07) is 2.77. The molecule has 2 aliphatic carbocycles. The van der Waals surface area contributed by atoms with Gasteiger partial charge in [-0.05, 0) is 38.7 Å². The average Bonchev–Trinajstić information content (AvgIpc) is 3.21. The van der Waals surface area contributed by atoms with Crippen LogP contribution < -0.4 is 10.1 Å². The van der Waals surface area contributed by atoms with E-state index in [9.17, 15) is 4.79 Å². The van der Waals surface area contributed by atoms with Crippen LogP contribution in [0.5, 0.6) is 5.75 Å². The Kier molecular flexibility index (Phi) is 4.50. The van der Waals surface area contributed by atoms with Gasteiger partial charge in [-0.15, -0.1) is 0 Å². The van der Waals surface area contributed by atoms with Gasteiger partial charge in [0.25, 0.3) is 0 Å². The molecule has 0 aromatic carbocycles. The molecule has 5 heteroatoms. The Morgan fingerprint density at radius 3 is 2.64 bits per heavy atom. The molecule has 1 unspecified atom stereocenters. The van der Waals surface area contributed by atoms with Crippen molar-refractivity contribution in [3.8, 4) is 5.75 Å². The van der Waals surface area contributed by atoms with E-state index in [0.29, 0.717) is 17.8 Å². The molecule has 0 spiro atoms. The second-order valence-electron chi connectivity index (χ2n) is 6.37. The van der Waals surface area contributed by atoms with Crippen molar-refractivity contribution in [1.29, 1.82) is 0 Å². The molecule has 2 saturated carbocycles. The Bertz CT molecular complexity index is 524. The van der Waals surface area contributed by atoms with Crippen LogP contribution in [0.4, 0.5) is 4.79 Å². The minimum absolute atomic E-state index is 0.0702. The quantitative estimate of drug-likeness (QED) is 0.908. The van der Waals surface area contributed by atoms with E-state index in [1.54, 1.807) is 19.5 Å². The van der Waals surface area contributed by atoms with Crippen molar-refractivity contribution in [2.24, 2.45) is 0 Å². The molecule has 1 atom stereocenters. The summed E-state index contributed by atoms with van der Waals surface area (Å²) in [7, 11) is 1.63. The highest BCUT2D eigenvalue weighted by Crippen LogP contribution is 2.35. The zero-order valence-electron chi connectivity index (χ0n) is 13.4. The number of methoxy groups -OCH3 is 1. The van der Waals surface area contributed by atoms with Gasteiger partial charge in [0.1, 0.15) is 5.75 Å². The number of pyridine rings is 1. The first kappa shape index (κ1) is 15.1. The molecular weight excluding hydrogens is 278 g/mol. The van der Waals surface area contributed by atoms with Gasteiger partial charge in [-0.3, -0.25) is 4.98 Å². The van der Waals surface area contributed by atoms with Gasteiger partial charge in [-0.25, -0.2) is 4.79 Å². The second kappa shape index (κ2) is 6.55. The third kappa shape index (κ3) is 3.18. The highest BCUT2D eigenvalue weighted by Gasteiger charge is 2.38. The van der Waals surface area contributed by atoms with Gasteiger partial charge in [0, 0.05) is 23.8 Å². The van der Waals surface area contributed by atoms with Gasteiger partial charge < -0.3 is 15.0 Å². The molecule has 5 nitrogen and oxygen atoms in total. The summed E-state index contributed by atoms with van der Waals surface area (Å²) >= 11 is 0. The van der Waals surface area contributed by atoms with E-state index in [1.807, 2.05) is 13.0 Å². The molecule has 22 heavy (non-hydrogen) atoms. The summed E-state index contributed by atoms with van der Waals surface area (Å²) in [5.74, 6) is 0.717. The molecule has 1 aromatic rings. The van der Waals surface area contributed by atoms with E-state index in [1.165, 1.54) is 12.8 Å². The maximum absolute atomic E-state index is 12.8. The van der Waals surface area contributed by atoms with Crippen LogP contribution in [0.3, 0.4) is 0 Å². The van der Waals surface area contributed by atoms with Crippen LogP contribution in [0, 0.1) is 0 Å². The largest absolute Gasteiger partial charge is 0.495 e. The predicted molar refractivity (Wildman–Crippen MR) is 84.9 cm³/mol. The summed E-state index contributed by atoms with van der Waals surface area (Å²) in [5.41, 5.74) is 0.966. The van der Waals surface area contributed by atoms with Crippen LogP contribution in [-0.4, -0.2) is 35.1 Å². The van der Waals surface area contributed by atoms with Gasteiger partial charge in [0.2, 0.25) is 0 Å². The lowest BCUT2D eigenvalue weighted by Crippen LogP contribution is -2.47. The molecule has 1 N–H and O–H groups in total. The van der Waals surface area contributed by atoms with Crippen LogP contribution in [-0.2, 0) is 0 Å². The van der Waals surface area contributed by atoms with Crippen LogP contribution in [0.2, 0.25) is 0 Å². The van der Waals surface area contributed by atoms with Gasteiger partial charge in [0.15, 0.2) is 0 Å². The Balaban J connectivity index is 1.69. The summed E-state index contributed by atoms with van der Waals surface area (Å²) in [6.07, 6.45) is 10.5. The van der Waals surface area contributed by atoms with Crippen molar-refractivity contribution in [2.45, 2.75) is 63.6 Å². The van der Waals surface area contributed by atoms with Crippen LogP contribution in [0.15, 0.2) is 18.5 Å². The molecule has 0 aliphatic heterocycles. The topological polar surface area (TPSA) is 54.5 Å². The van der Waals surface area contributed by atoms with E-state index in [-0.39, 0.29) is 12.1 Å². The number of carbonyl (C=O) groups is 1. The fourth-order valence-electron chi connectivity index (χ4n) is 3.42. The van der Waals surface area contributed by atoms with Crippen molar-refractivity contribution < 1.29 is 9.53 Å². The number of carbonyl (C=O) groups excluding carboxylic acids is 1. The lowest BCUT2D eigenvalue weighted by molar-refractivity contribution is 0.167. The van der Waals surface area contributed by atoms with Crippen LogP contribution >= 0.6 is 0 Å². The first-order chi connectivity index (χ1) is 10.7. The highest BCUT2D eigenvalue weighted by atomic mass is 16.5. The van der Waals surface area contributed by atoms with Crippen molar-refractivity contribution in [1.82, 2.24) is 15.2 Å². The molecule has 0 bridgehead atoms. The number of amides is 2. The lowest BCUT2D eigenvalue weighted by Gasteiger charge is -2.31. The highest BCUT2D eigenvalue weighted by molar-refractivity contribution is 5.76. The number of hydrogen-bond donors (Lipinski definition) is 1. The molecule has 2 amide bonds. The number of urea groups is 1. The summed E-state index contributed by atoms with van der Waals surface area (Å²) in [6.45, 7) is 2.00. The molecule has 1 aromatic heterocycles. The van der Waals surface area contributed by atoms with Gasteiger partial charge in [-0.2, -0.15) is 0 Å². The normalized spacial score (nSPS) is 19.7. The van der Waals surface area contributed by atoms with E-state index in [0.717, 1.165) is 31.2 Å². The summed E-state index contributed by atoms with van der Waals surface area (Å²) in [5, 5.41) is 3.15. The Hall–Kier alpha value is -1.78. The van der Waals surface area contributed by atoms with Gasteiger partial charge in [-0.1, -0.05) is 12.8 Å². The van der Waals surface area contributed by atoms with Crippen LogP contribution in [0.1, 0.15) is 57.1 Å². The van der Waals surface area contributed by atoms with Crippen LogP contribution in [0.25, 0.3) is 0 Å². The number of hydrogen-bond acceptors (Lipinski definition) is 3. The zero-order valence-corrected chi connectivity index (χ0v) is 13.4. The number of aromatic nitrogens is 1. The first-order valence-corrected chi connectivity index (χ1v) is 8.27. The maximum atomic E-state index is 12.8. The minimum atomic E-state index is -0.0897. The molecule has 1 heterocycles. The second-order valence-corrected chi connectivity index (χ2v) is 6.37. The van der Waals surface area contributed by atoms with Crippen molar-refractivity contribution >= 4 is 6.03 Å². The van der Waals surface area contributed by atoms with E-state index in [4.69, 9.17) is 4.74 Å². The molecule has 0 radical (unpaired) electrons. The van der Waals surface area contributed by atoms with E-state index in [2.05, 4.69) is 15.2 Å². The standard InChI is InChI=1S/C17H25N3O2/c1-12(15-9-10-18-11-16(15)22-2)19-17(21)20(14-7-8-14)13-5-3-4-6-13/h9-14H,3-8H2,1-2H3,(H,19,21). The Labute approximate surface area is 132 Å². The Morgan fingerprint density at radius 2 is 2.00 bits per heavy atom. The zero-order chi connectivity index (χ0) is 15.5. The lowest BCUT2D eigenvalue weighted by atomic mass is 10.1. The number of nitrogens with one attached hydrogen (secondary N) is 1. The first-order valence-electron chi connectivity index (χ1n) is 8.27. The average molecular weight is 303 g/mol. The molecular formula is C17H25N3O2. The van der Waals surface area contributed by atoms with E-state index >= 15 is 0 Å². The third-order valence-electron chi connectivity index (χ3n) is 4.74. The predicted octanol–water partition coefficient (Wildman–Crippen LogP) is 3.27. The third-order valence-corrected chi connectivity index (χ3v) is 4.74. The number of ether oxygens (including phenoxy) is 1.